The van der Waals surface area contributed by atoms with Crippen LogP contribution in [0, 0.1) is 12.3 Å². The van der Waals surface area contributed by atoms with E-state index in [0.717, 1.165) is 15.6 Å². The molecular weight excluding hydrogens is 440 g/mol. The van der Waals surface area contributed by atoms with Crippen molar-refractivity contribution in [1.82, 2.24) is 5.32 Å². The molecule has 0 bridgehead atoms. The molecule has 0 aromatic heterocycles. The lowest BCUT2D eigenvalue weighted by molar-refractivity contribution is -0.159. The van der Waals surface area contributed by atoms with Crippen molar-refractivity contribution in [3.05, 3.63) is 59.1 Å². The van der Waals surface area contributed by atoms with Crippen molar-refractivity contribution >= 4 is 46.9 Å². The van der Waals surface area contributed by atoms with Crippen molar-refractivity contribution in [3.63, 3.8) is 0 Å². The quantitative estimate of drug-likeness (QED) is 0.463. The van der Waals surface area contributed by atoms with Crippen LogP contribution in [-0.2, 0) is 14.4 Å². The van der Waals surface area contributed by atoms with Crippen LogP contribution in [0.25, 0.3) is 0 Å². The highest BCUT2D eigenvalue weighted by Crippen LogP contribution is 2.45. The van der Waals surface area contributed by atoms with Crippen LogP contribution in [0.5, 0.6) is 0 Å². The molecule has 0 radical (unpaired) electrons. The average Bonchev–Trinajstić information content (AvgIpc) is 2.74. The Hall–Kier alpha value is -2.99. The summed E-state index contributed by atoms with van der Waals surface area (Å²) in [5.41, 5.74) is 2.20. The number of hydrogen-bond acceptors (Lipinski definition) is 5. The van der Waals surface area contributed by atoms with Crippen molar-refractivity contribution in [2.45, 2.75) is 17.1 Å². The Morgan fingerprint density at radius 2 is 1.74 bits per heavy atom. The Balaban J connectivity index is 0.000000365. The number of halogens is 1. The molecule has 3 rings (SSSR count). The van der Waals surface area contributed by atoms with Crippen molar-refractivity contribution in [1.29, 1.82) is 0 Å². The Labute approximate surface area is 190 Å². The highest BCUT2D eigenvalue weighted by Gasteiger charge is 2.28. The van der Waals surface area contributed by atoms with Crippen LogP contribution < -0.4 is 10.2 Å². The summed E-state index contributed by atoms with van der Waals surface area (Å²) in [6, 6.07) is 15.9. The highest BCUT2D eigenvalue weighted by molar-refractivity contribution is 7.99. The molecule has 9 heteroatoms. The minimum Gasteiger partial charge on any atom is -0.473 e. The number of terminal acetylenes is 1. The minimum absolute atomic E-state index is 0.0803. The molecule has 0 saturated heterocycles. The predicted octanol–water partition coefficient (Wildman–Crippen LogP) is 3.53. The minimum atomic E-state index is -1.82. The number of amides is 1. The number of rotatable bonds is 2. The SMILES string of the molecule is C#CCNC.CC(=O)N1CC(c2ccc(Cl)cc2)Sc2ccccc21.O=C(O)C(=O)O. The summed E-state index contributed by atoms with van der Waals surface area (Å²) in [7, 11) is 1.82. The maximum absolute atomic E-state index is 11.9. The molecule has 0 saturated carbocycles. The fourth-order valence-electron chi connectivity index (χ4n) is 2.49. The molecule has 0 spiro atoms. The maximum atomic E-state index is 11.9. The summed E-state index contributed by atoms with van der Waals surface area (Å²) in [5.74, 6) is -1.16. The van der Waals surface area contributed by atoms with Crippen molar-refractivity contribution in [2.75, 3.05) is 25.0 Å². The third-order valence-corrected chi connectivity index (χ3v) is 5.41. The topological polar surface area (TPSA) is 107 Å². The lowest BCUT2D eigenvalue weighted by Gasteiger charge is -2.33. The fraction of sp³-hybridized carbons (Fsp3) is 0.227. The Kier molecular flexibility index (Phi) is 11.2. The van der Waals surface area contributed by atoms with Crippen LogP contribution in [0.2, 0.25) is 5.02 Å². The van der Waals surface area contributed by atoms with Crippen molar-refractivity contribution in [3.8, 4) is 12.3 Å². The third-order valence-electron chi connectivity index (χ3n) is 3.86. The predicted molar refractivity (Wildman–Crippen MR) is 123 cm³/mol. The molecule has 7 nitrogen and oxygen atoms in total. The van der Waals surface area contributed by atoms with Gasteiger partial charge in [0.1, 0.15) is 0 Å². The van der Waals surface area contributed by atoms with Gasteiger partial charge in [-0.05, 0) is 36.9 Å². The molecule has 1 atom stereocenters. The van der Waals surface area contributed by atoms with Gasteiger partial charge in [-0.2, -0.15) is 0 Å². The number of carboxylic acids is 2. The lowest BCUT2D eigenvalue weighted by Crippen LogP contribution is -2.34. The number of thioether (sulfide) groups is 1. The first-order valence-corrected chi connectivity index (χ1v) is 10.3. The van der Waals surface area contributed by atoms with E-state index in [2.05, 4.69) is 17.3 Å². The lowest BCUT2D eigenvalue weighted by atomic mass is 10.1. The van der Waals surface area contributed by atoms with Crippen LogP contribution in [0.1, 0.15) is 17.7 Å². The number of fused-ring (bicyclic) bond motifs is 1. The third kappa shape index (κ3) is 8.72. The number of anilines is 1. The molecule has 0 aliphatic carbocycles. The number of carboxylic acid groups (broad SMARTS) is 2. The van der Waals surface area contributed by atoms with E-state index in [-0.39, 0.29) is 11.2 Å². The molecule has 1 aliphatic rings. The van der Waals surface area contributed by atoms with Crippen molar-refractivity contribution in [2.24, 2.45) is 0 Å². The van der Waals surface area contributed by atoms with Crippen LogP contribution >= 0.6 is 23.4 Å². The van der Waals surface area contributed by atoms with E-state index >= 15 is 0 Å². The van der Waals surface area contributed by atoms with Gasteiger partial charge >= 0.3 is 11.9 Å². The summed E-state index contributed by atoms with van der Waals surface area (Å²) in [4.78, 5) is 33.1. The number of para-hydroxylation sites is 1. The Morgan fingerprint density at radius 3 is 2.19 bits per heavy atom. The van der Waals surface area contributed by atoms with E-state index in [4.69, 9.17) is 37.8 Å². The molecule has 1 aliphatic heterocycles. The zero-order valence-corrected chi connectivity index (χ0v) is 18.6. The molecular formula is C22H23ClN2O5S. The van der Waals surface area contributed by atoms with Crippen LogP contribution in [0.3, 0.4) is 0 Å². The van der Waals surface area contributed by atoms with E-state index < -0.39 is 11.9 Å². The van der Waals surface area contributed by atoms with Gasteiger partial charge in [-0.1, -0.05) is 41.8 Å². The second-order valence-electron chi connectivity index (χ2n) is 6.10. The second-order valence-corrected chi connectivity index (χ2v) is 7.78. The zero-order valence-electron chi connectivity index (χ0n) is 17.0. The molecule has 1 amide bonds. The smallest absolute Gasteiger partial charge is 0.414 e. The number of nitrogens with zero attached hydrogens (tertiary/aromatic N) is 1. The van der Waals surface area contributed by atoms with Gasteiger partial charge in [0.15, 0.2) is 0 Å². The summed E-state index contributed by atoms with van der Waals surface area (Å²) < 4.78 is 0. The number of aliphatic carboxylic acids is 2. The number of benzene rings is 2. The molecule has 2 aromatic rings. The summed E-state index contributed by atoms with van der Waals surface area (Å²) in [6.07, 6.45) is 4.83. The molecule has 1 heterocycles. The number of carbonyl (C=O) groups is 3. The van der Waals surface area contributed by atoms with Crippen molar-refractivity contribution < 1.29 is 24.6 Å². The molecule has 1 unspecified atom stereocenters. The van der Waals surface area contributed by atoms with E-state index in [0.29, 0.717) is 13.1 Å². The summed E-state index contributed by atoms with van der Waals surface area (Å²) >= 11 is 7.74. The highest BCUT2D eigenvalue weighted by atomic mass is 35.5. The summed E-state index contributed by atoms with van der Waals surface area (Å²) in [6.45, 7) is 2.98. The fourth-order valence-corrected chi connectivity index (χ4v) is 3.89. The molecule has 2 aromatic carbocycles. The van der Waals surface area contributed by atoms with Gasteiger partial charge in [-0.15, -0.1) is 18.2 Å². The standard InChI is InChI=1S/C16H14ClNOS.C4H7N.C2H2O4/c1-11(19)18-10-16(12-6-8-13(17)9-7-12)20-15-5-3-2-4-14(15)18;1-3-4-5-2;3-1(4)2(5)6/h2-9,16H,10H2,1H3;1,5H,4H2,2H3;(H,3,4)(H,5,6). The monoisotopic (exact) mass is 462 g/mol. The van der Waals surface area contributed by atoms with E-state index in [1.54, 1.807) is 18.7 Å². The largest absolute Gasteiger partial charge is 0.473 e. The summed E-state index contributed by atoms with van der Waals surface area (Å²) in [5, 5.41) is 18.5. The number of carbonyl (C=O) groups excluding carboxylic acids is 1. The van der Waals surface area contributed by atoms with E-state index in [1.807, 2.05) is 54.4 Å². The first kappa shape index (κ1) is 26.0. The maximum Gasteiger partial charge on any atom is 0.414 e. The number of nitrogens with one attached hydrogen (secondary N) is 1. The van der Waals surface area contributed by atoms with Gasteiger partial charge in [-0.25, -0.2) is 9.59 Å². The Bertz CT molecular complexity index is 932. The second kappa shape index (κ2) is 13.3. The first-order chi connectivity index (χ1) is 14.7. The van der Waals surface area contributed by atoms with Gasteiger partial charge in [0.2, 0.25) is 5.91 Å². The molecule has 0 fully saturated rings. The van der Waals surface area contributed by atoms with Gasteiger partial charge in [0.05, 0.1) is 17.5 Å². The number of hydrogen-bond donors (Lipinski definition) is 3. The van der Waals surface area contributed by atoms with Gasteiger partial charge in [-0.3, -0.25) is 4.79 Å². The van der Waals surface area contributed by atoms with E-state index in [1.165, 1.54) is 5.56 Å². The molecule has 164 valence electrons. The average molecular weight is 463 g/mol. The Morgan fingerprint density at radius 1 is 1.16 bits per heavy atom. The van der Waals surface area contributed by atoms with Gasteiger partial charge in [0, 0.05) is 23.4 Å². The van der Waals surface area contributed by atoms with Gasteiger partial charge in [0.25, 0.3) is 0 Å². The first-order valence-electron chi connectivity index (χ1n) is 9.04. The van der Waals surface area contributed by atoms with E-state index in [9.17, 15) is 4.79 Å². The van der Waals surface area contributed by atoms with Gasteiger partial charge < -0.3 is 20.4 Å². The normalized spacial score (nSPS) is 13.9. The van der Waals surface area contributed by atoms with Crippen LogP contribution in [-0.4, -0.2) is 48.2 Å². The molecule has 31 heavy (non-hydrogen) atoms. The zero-order chi connectivity index (χ0) is 23.4. The van der Waals surface area contributed by atoms with Crippen LogP contribution in [0.15, 0.2) is 53.4 Å². The molecule has 3 N–H and O–H groups in total. The van der Waals surface area contributed by atoms with Crippen LogP contribution in [0.4, 0.5) is 5.69 Å².